The van der Waals surface area contributed by atoms with E-state index in [0.717, 1.165) is 25.9 Å². The first-order valence-electron chi connectivity index (χ1n) is 6.33. The topological polar surface area (TPSA) is 64.8 Å². The van der Waals surface area contributed by atoms with Crippen LogP contribution in [0.2, 0.25) is 0 Å². The molecule has 2 aliphatic rings. The van der Waals surface area contributed by atoms with Crippen molar-refractivity contribution in [3.8, 4) is 0 Å². The fraction of sp³-hybridized carbons (Fsp3) is 0.917. The second-order valence-corrected chi connectivity index (χ2v) is 5.27. The summed E-state index contributed by atoms with van der Waals surface area (Å²) in [4.78, 5) is 14.0. The Labute approximate surface area is 102 Å². The first kappa shape index (κ1) is 12.8. The zero-order valence-electron chi connectivity index (χ0n) is 10.5. The van der Waals surface area contributed by atoms with Gasteiger partial charge < -0.3 is 20.1 Å². The van der Waals surface area contributed by atoms with Crippen LogP contribution in [0.15, 0.2) is 0 Å². The average Bonchev–Trinajstić information content (AvgIpc) is 2.40. The van der Waals surface area contributed by atoms with Gasteiger partial charge in [0.25, 0.3) is 5.91 Å². The fourth-order valence-electron chi connectivity index (χ4n) is 2.31. The predicted molar refractivity (Wildman–Crippen MR) is 63.5 cm³/mol. The van der Waals surface area contributed by atoms with E-state index in [1.54, 1.807) is 0 Å². The highest BCUT2D eigenvalue weighted by molar-refractivity contribution is 5.81. The largest absolute Gasteiger partial charge is 0.376 e. The van der Waals surface area contributed by atoms with E-state index in [9.17, 15) is 4.79 Å². The van der Waals surface area contributed by atoms with E-state index in [2.05, 4.69) is 6.92 Å². The van der Waals surface area contributed by atoms with Gasteiger partial charge in [-0.2, -0.15) is 0 Å². The van der Waals surface area contributed by atoms with Gasteiger partial charge in [0.05, 0.1) is 19.8 Å². The van der Waals surface area contributed by atoms with Gasteiger partial charge in [-0.1, -0.05) is 6.92 Å². The highest BCUT2D eigenvalue weighted by Gasteiger charge is 2.34. The number of rotatable bonds is 2. The van der Waals surface area contributed by atoms with Gasteiger partial charge in [0, 0.05) is 13.1 Å². The first-order valence-corrected chi connectivity index (χ1v) is 6.33. The van der Waals surface area contributed by atoms with Gasteiger partial charge in [-0.25, -0.2) is 0 Å². The Hall–Kier alpha value is -0.650. The summed E-state index contributed by atoms with van der Waals surface area (Å²) in [6, 6.07) is 0. The van der Waals surface area contributed by atoms with Gasteiger partial charge in [0.2, 0.25) is 0 Å². The van der Waals surface area contributed by atoms with Gasteiger partial charge in [0.15, 0.2) is 6.10 Å². The number of carbonyl (C=O) groups excluding carboxylic acids is 1. The lowest BCUT2D eigenvalue weighted by Crippen LogP contribution is -2.50. The molecule has 1 amide bonds. The standard InChI is InChI=1S/C12H22N2O3/c1-12(9-13)2-4-14(5-3-12)11(15)10-8-16-6-7-17-10/h10H,2-9,13H2,1H3. The molecule has 2 saturated heterocycles. The van der Waals surface area contributed by atoms with Crippen LogP contribution in [0.4, 0.5) is 0 Å². The molecule has 2 N–H and O–H groups in total. The van der Waals surface area contributed by atoms with Crippen LogP contribution >= 0.6 is 0 Å². The monoisotopic (exact) mass is 242 g/mol. The third-order valence-corrected chi connectivity index (χ3v) is 3.87. The van der Waals surface area contributed by atoms with E-state index in [1.807, 2.05) is 4.90 Å². The molecule has 2 aliphatic heterocycles. The lowest BCUT2D eigenvalue weighted by atomic mass is 9.80. The van der Waals surface area contributed by atoms with Crippen LogP contribution in [-0.4, -0.2) is 56.4 Å². The lowest BCUT2D eigenvalue weighted by Gasteiger charge is -2.40. The van der Waals surface area contributed by atoms with Gasteiger partial charge in [0.1, 0.15) is 0 Å². The third-order valence-electron chi connectivity index (χ3n) is 3.87. The van der Waals surface area contributed by atoms with Gasteiger partial charge in [-0.15, -0.1) is 0 Å². The van der Waals surface area contributed by atoms with Crippen molar-refractivity contribution in [1.82, 2.24) is 4.90 Å². The van der Waals surface area contributed by atoms with Crippen molar-refractivity contribution >= 4 is 5.91 Å². The van der Waals surface area contributed by atoms with E-state index < -0.39 is 6.10 Å². The summed E-state index contributed by atoms with van der Waals surface area (Å²) < 4.78 is 10.7. The first-order chi connectivity index (χ1) is 8.14. The summed E-state index contributed by atoms with van der Waals surface area (Å²) in [7, 11) is 0. The number of hydrogen-bond acceptors (Lipinski definition) is 4. The number of piperidine rings is 1. The molecule has 1 unspecified atom stereocenters. The molecule has 0 bridgehead atoms. The zero-order chi connectivity index (χ0) is 12.3. The number of ether oxygens (including phenoxy) is 2. The summed E-state index contributed by atoms with van der Waals surface area (Å²) in [5.41, 5.74) is 5.95. The Bertz CT molecular complexity index is 269. The molecule has 98 valence electrons. The molecule has 0 aromatic heterocycles. The highest BCUT2D eigenvalue weighted by atomic mass is 16.6. The highest BCUT2D eigenvalue weighted by Crippen LogP contribution is 2.29. The Kier molecular flexibility index (Phi) is 4.01. The Morgan fingerprint density at radius 3 is 2.65 bits per heavy atom. The van der Waals surface area contributed by atoms with E-state index in [4.69, 9.17) is 15.2 Å². The maximum atomic E-state index is 12.1. The third kappa shape index (κ3) is 2.97. The second-order valence-electron chi connectivity index (χ2n) is 5.27. The Balaban J connectivity index is 1.85. The number of amides is 1. The molecule has 2 rings (SSSR count). The lowest BCUT2D eigenvalue weighted by molar-refractivity contribution is -0.159. The molecule has 5 nitrogen and oxygen atoms in total. The molecule has 0 aromatic rings. The van der Waals surface area contributed by atoms with Crippen LogP contribution in [0.1, 0.15) is 19.8 Å². The van der Waals surface area contributed by atoms with Gasteiger partial charge in [-0.3, -0.25) is 4.79 Å². The molecular formula is C12H22N2O3. The van der Waals surface area contributed by atoms with E-state index in [0.29, 0.717) is 26.4 Å². The Morgan fingerprint density at radius 2 is 2.12 bits per heavy atom. The van der Waals surface area contributed by atoms with Crippen molar-refractivity contribution in [3.05, 3.63) is 0 Å². The minimum Gasteiger partial charge on any atom is -0.376 e. The molecule has 0 saturated carbocycles. The summed E-state index contributed by atoms with van der Waals surface area (Å²) in [5.74, 6) is 0.0729. The van der Waals surface area contributed by atoms with Gasteiger partial charge >= 0.3 is 0 Å². The quantitative estimate of drug-likeness (QED) is 0.739. The summed E-state index contributed by atoms with van der Waals surface area (Å²) in [5, 5.41) is 0. The number of nitrogens with zero attached hydrogens (tertiary/aromatic N) is 1. The molecule has 0 aliphatic carbocycles. The molecule has 0 spiro atoms. The van der Waals surface area contributed by atoms with Crippen molar-refractivity contribution in [2.75, 3.05) is 39.5 Å². The van der Waals surface area contributed by atoms with Crippen LogP contribution in [-0.2, 0) is 14.3 Å². The number of likely N-dealkylation sites (tertiary alicyclic amines) is 1. The van der Waals surface area contributed by atoms with Crippen LogP contribution < -0.4 is 5.73 Å². The van der Waals surface area contributed by atoms with Crippen LogP contribution in [0.5, 0.6) is 0 Å². The maximum absolute atomic E-state index is 12.1. The van der Waals surface area contributed by atoms with E-state index in [-0.39, 0.29) is 11.3 Å². The zero-order valence-corrected chi connectivity index (χ0v) is 10.5. The molecule has 5 heteroatoms. The van der Waals surface area contributed by atoms with Crippen LogP contribution in [0.3, 0.4) is 0 Å². The average molecular weight is 242 g/mol. The van der Waals surface area contributed by atoms with Crippen molar-refractivity contribution in [2.45, 2.75) is 25.9 Å². The summed E-state index contributed by atoms with van der Waals surface area (Å²) in [6.45, 7) is 5.95. The molecule has 2 fully saturated rings. The van der Waals surface area contributed by atoms with E-state index >= 15 is 0 Å². The molecule has 1 atom stereocenters. The van der Waals surface area contributed by atoms with Crippen LogP contribution in [0, 0.1) is 5.41 Å². The predicted octanol–water partition coefficient (Wildman–Crippen LogP) is -0.0108. The van der Waals surface area contributed by atoms with Crippen molar-refractivity contribution < 1.29 is 14.3 Å². The molecule has 2 heterocycles. The molecule has 0 aromatic carbocycles. The summed E-state index contributed by atoms with van der Waals surface area (Å²) in [6.07, 6.45) is 1.55. The molecule has 0 radical (unpaired) electrons. The number of carbonyl (C=O) groups is 1. The van der Waals surface area contributed by atoms with Crippen molar-refractivity contribution in [2.24, 2.45) is 11.1 Å². The van der Waals surface area contributed by atoms with Crippen LogP contribution in [0.25, 0.3) is 0 Å². The maximum Gasteiger partial charge on any atom is 0.254 e. The minimum absolute atomic E-state index is 0.0729. The van der Waals surface area contributed by atoms with Gasteiger partial charge in [-0.05, 0) is 24.8 Å². The number of hydrogen-bond donors (Lipinski definition) is 1. The molecule has 17 heavy (non-hydrogen) atoms. The second kappa shape index (κ2) is 5.33. The summed E-state index contributed by atoms with van der Waals surface area (Å²) >= 11 is 0. The smallest absolute Gasteiger partial charge is 0.254 e. The Morgan fingerprint density at radius 1 is 1.41 bits per heavy atom. The number of nitrogens with two attached hydrogens (primary N) is 1. The normalized spacial score (nSPS) is 29.1. The SMILES string of the molecule is CC1(CN)CCN(C(=O)C2COCCO2)CC1. The fourth-order valence-corrected chi connectivity index (χ4v) is 2.31. The minimum atomic E-state index is -0.397. The van der Waals surface area contributed by atoms with E-state index in [1.165, 1.54) is 0 Å². The molecular weight excluding hydrogens is 220 g/mol. The van der Waals surface area contributed by atoms with Crippen molar-refractivity contribution in [1.29, 1.82) is 0 Å². The van der Waals surface area contributed by atoms with Crippen molar-refractivity contribution in [3.63, 3.8) is 0 Å².